The van der Waals surface area contributed by atoms with Gasteiger partial charge in [0.25, 0.3) is 5.91 Å². The Morgan fingerprint density at radius 1 is 1.42 bits per heavy atom. The van der Waals surface area contributed by atoms with Gasteiger partial charge in [0.15, 0.2) is 6.10 Å². The Balaban J connectivity index is 2.01. The number of carbonyl (C=O) groups excluding carboxylic acids is 1. The number of thiazole rings is 1. The Morgan fingerprint density at radius 3 is 2.79 bits per heavy atom. The first-order chi connectivity index (χ1) is 11.5. The van der Waals surface area contributed by atoms with Crippen LogP contribution in [0.15, 0.2) is 34.5 Å². The number of nitrogens with one attached hydrogen (secondary N) is 1. The first-order valence-electron chi connectivity index (χ1n) is 7.18. The Kier molecular flexibility index (Phi) is 6.77. The van der Waals surface area contributed by atoms with Gasteiger partial charge in [0.1, 0.15) is 0 Å². The number of ether oxygens (including phenoxy) is 1. The van der Waals surface area contributed by atoms with Crippen molar-refractivity contribution in [3.63, 3.8) is 0 Å². The largest absolute Gasteiger partial charge is 0.479 e. The monoisotopic (exact) mass is 366 g/mol. The molecule has 1 atom stereocenters. The third kappa shape index (κ3) is 5.05. The van der Waals surface area contributed by atoms with Gasteiger partial charge in [-0.15, -0.1) is 23.1 Å². The second-order valence-corrected chi connectivity index (χ2v) is 6.99. The average Bonchev–Trinajstić information content (AvgIpc) is 2.98. The second-order valence-electron chi connectivity index (χ2n) is 4.92. The van der Waals surface area contributed by atoms with Crippen LogP contribution in [0.4, 0.5) is 0 Å². The summed E-state index contributed by atoms with van der Waals surface area (Å²) < 4.78 is 4.81. The van der Waals surface area contributed by atoms with Crippen molar-refractivity contribution < 1.29 is 19.4 Å². The first kappa shape index (κ1) is 18.4. The lowest BCUT2D eigenvalue weighted by Gasteiger charge is -2.13. The van der Waals surface area contributed by atoms with Crippen LogP contribution >= 0.6 is 23.1 Å². The lowest BCUT2D eigenvalue weighted by Crippen LogP contribution is -2.38. The van der Waals surface area contributed by atoms with Crippen molar-refractivity contribution in [2.75, 3.05) is 13.7 Å². The zero-order valence-corrected chi connectivity index (χ0v) is 14.9. The normalized spacial score (nSPS) is 11.9. The summed E-state index contributed by atoms with van der Waals surface area (Å²) in [7, 11) is 1.30. The number of aromatic nitrogens is 1. The molecule has 8 heteroatoms. The smallest absolute Gasteiger partial charge is 0.334 e. The molecular formula is C16H18N2O4S2. The number of carboxylic acids is 1. The molecule has 2 rings (SSSR count). The summed E-state index contributed by atoms with van der Waals surface area (Å²) in [5, 5.41) is 14.6. The van der Waals surface area contributed by atoms with Gasteiger partial charge < -0.3 is 15.2 Å². The fraction of sp³-hybridized carbons (Fsp3) is 0.312. The summed E-state index contributed by atoms with van der Waals surface area (Å²) in [5.41, 5.74) is 1.48. The molecule has 0 aliphatic heterocycles. The minimum atomic E-state index is -1.11. The highest BCUT2D eigenvalue weighted by Crippen LogP contribution is 2.26. The lowest BCUT2D eigenvalue weighted by molar-refractivity contribution is -0.148. The second kappa shape index (κ2) is 8.81. The van der Waals surface area contributed by atoms with E-state index in [0.29, 0.717) is 11.3 Å². The van der Waals surface area contributed by atoms with Crippen LogP contribution in [-0.2, 0) is 15.3 Å². The van der Waals surface area contributed by atoms with Crippen LogP contribution in [0.3, 0.4) is 0 Å². The predicted octanol–water partition coefficient (Wildman–Crippen LogP) is 2.57. The summed E-state index contributed by atoms with van der Waals surface area (Å²) in [5.74, 6) is -0.764. The predicted molar refractivity (Wildman–Crippen MR) is 93.6 cm³/mol. The lowest BCUT2D eigenvalue weighted by atomic mass is 10.2. The van der Waals surface area contributed by atoms with Gasteiger partial charge in [0.05, 0.1) is 22.8 Å². The molecule has 0 spiro atoms. The number of carboxylic acid groups (broad SMARTS) is 1. The molecule has 0 bridgehead atoms. The maximum Gasteiger partial charge on any atom is 0.334 e. The Morgan fingerprint density at radius 2 is 2.17 bits per heavy atom. The standard InChI is InChI=1S/C16H18N2O4S2/c1-10-18-11(8-23-10)9-24-14-6-4-3-5-12(14)15(19)17-7-13(22-2)16(20)21/h3-6,8,13H,7,9H2,1-2H3,(H,17,19)(H,20,21). The number of hydrogen-bond donors (Lipinski definition) is 2. The molecule has 0 saturated carbocycles. The highest BCUT2D eigenvalue weighted by molar-refractivity contribution is 7.98. The Hall–Kier alpha value is -1.90. The van der Waals surface area contributed by atoms with Crippen molar-refractivity contribution in [1.82, 2.24) is 10.3 Å². The summed E-state index contributed by atoms with van der Waals surface area (Å²) in [4.78, 5) is 28.5. The maximum absolute atomic E-state index is 12.3. The number of carbonyl (C=O) groups is 2. The van der Waals surface area contributed by atoms with Crippen molar-refractivity contribution >= 4 is 35.0 Å². The molecule has 1 aromatic carbocycles. The molecule has 0 saturated heterocycles. The van der Waals surface area contributed by atoms with Crippen molar-refractivity contribution in [2.24, 2.45) is 0 Å². The number of aliphatic carboxylic acids is 1. The molecule has 24 heavy (non-hydrogen) atoms. The van der Waals surface area contributed by atoms with Gasteiger partial charge in [-0.25, -0.2) is 9.78 Å². The molecule has 1 heterocycles. The molecule has 0 aliphatic carbocycles. The number of thioether (sulfide) groups is 1. The number of amides is 1. The number of methoxy groups -OCH3 is 1. The highest BCUT2D eigenvalue weighted by Gasteiger charge is 2.19. The van der Waals surface area contributed by atoms with Gasteiger partial charge in [0.2, 0.25) is 0 Å². The molecule has 6 nitrogen and oxygen atoms in total. The van der Waals surface area contributed by atoms with Crippen molar-refractivity contribution in [2.45, 2.75) is 23.7 Å². The van der Waals surface area contributed by atoms with E-state index in [2.05, 4.69) is 10.3 Å². The molecule has 128 valence electrons. The summed E-state index contributed by atoms with van der Waals surface area (Å²) in [6.07, 6.45) is -1.06. The third-order valence-electron chi connectivity index (χ3n) is 3.18. The van der Waals surface area contributed by atoms with E-state index >= 15 is 0 Å². The molecule has 2 aromatic rings. The molecule has 0 radical (unpaired) electrons. The van der Waals surface area contributed by atoms with Gasteiger partial charge >= 0.3 is 5.97 Å². The van der Waals surface area contributed by atoms with Gasteiger partial charge in [-0.3, -0.25) is 4.79 Å². The van der Waals surface area contributed by atoms with E-state index in [0.717, 1.165) is 15.6 Å². The first-order valence-corrected chi connectivity index (χ1v) is 9.04. The Bertz CT molecular complexity index is 718. The van der Waals surface area contributed by atoms with E-state index < -0.39 is 12.1 Å². The fourth-order valence-corrected chi connectivity index (χ4v) is 3.62. The van der Waals surface area contributed by atoms with E-state index in [9.17, 15) is 9.59 Å². The number of nitrogens with zero attached hydrogens (tertiary/aromatic N) is 1. The molecule has 1 unspecified atom stereocenters. The molecule has 1 aromatic heterocycles. The zero-order valence-electron chi connectivity index (χ0n) is 13.3. The van der Waals surface area contributed by atoms with Gasteiger partial charge in [0, 0.05) is 23.1 Å². The minimum Gasteiger partial charge on any atom is -0.479 e. The fourth-order valence-electron chi connectivity index (χ4n) is 1.96. The summed E-state index contributed by atoms with van der Waals surface area (Å²) in [6.45, 7) is 1.86. The van der Waals surface area contributed by atoms with Crippen LogP contribution in [0.25, 0.3) is 0 Å². The summed E-state index contributed by atoms with van der Waals surface area (Å²) in [6, 6.07) is 7.22. The number of benzene rings is 1. The summed E-state index contributed by atoms with van der Waals surface area (Å²) >= 11 is 3.12. The molecule has 0 fully saturated rings. The van der Waals surface area contributed by atoms with Crippen LogP contribution < -0.4 is 5.32 Å². The Labute approximate surface area is 148 Å². The van der Waals surface area contributed by atoms with E-state index in [-0.39, 0.29) is 12.5 Å². The van der Waals surface area contributed by atoms with Crippen molar-refractivity contribution in [3.8, 4) is 0 Å². The van der Waals surface area contributed by atoms with Crippen LogP contribution in [0.5, 0.6) is 0 Å². The van der Waals surface area contributed by atoms with Crippen molar-refractivity contribution in [3.05, 3.63) is 45.9 Å². The number of aryl methyl sites for hydroxylation is 1. The van der Waals surface area contributed by atoms with E-state index in [1.165, 1.54) is 18.9 Å². The molecule has 0 aliphatic rings. The van der Waals surface area contributed by atoms with E-state index in [1.54, 1.807) is 23.5 Å². The average molecular weight is 366 g/mol. The van der Waals surface area contributed by atoms with Crippen LogP contribution in [0, 0.1) is 6.92 Å². The third-order valence-corrected chi connectivity index (χ3v) is 5.11. The number of rotatable bonds is 8. The van der Waals surface area contributed by atoms with Gasteiger partial charge in [-0.1, -0.05) is 12.1 Å². The van der Waals surface area contributed by atoms with E-state index in [4.69, 9.17) is 9.84 Å². The minimum absolute atomic E-state index is 0.0883. The highest BCUT2D eigenvalue weighted by atomic mass is 32.2. The molecular weight excluding hydrogens is 348 g/mol. The van der Waals surface area contributed by atoms with Crippen molar-refractivity contribution in [1.29, 1.82) is 0 Å². The van der Waals surface area contributed by atoms with Crippen LogP contribution in [0.2, 0.25) is 0 Å². The van der Waals surface area contributed by atoms with Crippen LogP contribution in [-0.4, -0.2) is 41.7 Å². The maximum atomic E-state index is 12.3. The van der Waals surface area contributed by atoms with Gasteiger partial charge in [-0.2, -0.15) is 0 Å². The SMILES string of the molecule is COC(CNC(=O)c1ccccc1SCc1csc(C)n1)C(=O)O. The number of hydrogen-bond acceptors (Lipinski definition) is 6. The van der Waals surface area contributed by atoms with E-state index in [1.807, 2.05) is 24.4 Å². The quantitative estimate of drug-likeness (QED) is 0.698. The molecule has 1 amide bonds. The van der Waals surface area contributed by atoms with Crippen LogP contribution in [0.1, 0.15) is 21.1 Å². The van der Waals surface area contributed by atoms with Gasteiger partial charge in [-0.05, 0) is 19.1 Å². The topological polar surface area (TPSA) is 88.5 Å². The zero-order chi connectivity index (χ0) is 17.5. The molecule has 2 N–H and O–H groups in total.